The average Bonchev–Trinajstić information content (AvgIpc) is 3.20. The molecule has 2 heterocycles. The van der Waals surface area contributed by atoms with E-state index >= 15 is 0 Å². The highest BCUT2D eigenvalue weighted by Gasteiger charge is 2.15. The summed E-state index contributed by atoms with van der Waals surface area (Å²) in [6, 6.07) is 4.29. The van der Waals surface area contributed by atoms with Gasteiger partial charge in [0.25, 0.3) is 0 Å². The van der Waals surface area contributed by atoms with Crippen LogP contribution in [0, 0.1) is 0 Å². The lowest BCUT2D eigenvalue weighted by Gasteiger charge is -2.23. The zero-order valence-corrected chi connectivity index (χ0v) is 17.1. The topological polar surface area (TPSA) is 45.5 Å². The fourth-order valence-corrected chi connectivity index (χ4v) is 3.63. The molecule has 0 saturated heterocycles. The van der Waals surface area contributed by atoms with E-state index < -0.39 is 0 Å². The van der Waals surface area contributed by atoms with Crippen LogP contribution in [0.5, 0.6) is 0 Å². The van der Waals surface area contributed by atoms with Crippen molar-refractivity contribution < 1.29 is 0 Å². The van der Waals surface area contributed by atoms with E-state index in [2.05, 4.69) is 73.8 Å². The maximum atomic E-state index is 4.86. The highest BCUT2D eigenvalue weighted by molar-refractivity contribution is 7.10. The van der Waals surface area contributed by atoms with Crippen LogP contribution < -0.4 is 5.32 Å². The number of hydrogen-bond acceptors (Lipinski definition) is 3. The molecule has 0 aliphatic carbocycles. The highest BCUT2D eigenvalue weighted by Crippen LogP contribution is 2.21. The van der Waals surface area contributed by atoms with Crippen LogP contribution in [0.25, 0.3) is 0 Å². The van der Waals surface area contributed by atoms with Crippen molar-refractivity contribution in [2.75, 3.05) is 20.1 Å². The zero-order chi connectivity index (χ0) is 18.4. The van der Waals surface area contributed by atoms with Crippen molar-refractivity contribution in [1.82, 2.24) is 20.0 Å². The van der Waals surface area contributed by atoms with Crippen LogP contribution in [-0.2, 0) is 13.6 Å². The quantitative estimate of drug-likeness (QED) is 0.602. The molecule has 1 atom stereocenters. The van der Waals surface area contributed by atoms with Crippen molar-refractivity contribution in [2.24, 2.45) is 12.0 Å². The molecule has 0 amide bonds. The van der Waals surface area contributed by atoms with Gasteiger partial charge >= 0.3 is 0 Å². The van der Waals surface area contributed by atoms with E-state index in [1.165, 1.54) is 10.4 Å². The van der Waals surface area contributed by atoms with Crippen LogP contribution in [-0.4, -0.2) is 40.8 Å². The Bertz CT molecular complexity index is 672. The van der Waals surface area contributed by atoms with Crippen LogP contribution in [0.2, 0.25) is 0 Å². The van der Waals surface area contributed by atoms with Crippen LogP contribution in [0.15, 0.2) is 28.7 Å². The second kappa shape index (κ2) is 9.04. The maximum absolute atomic E-state index is 4.86. The Morgan fingerprint density at radius 2 is 2.16 bits per heavy atom. The number of aromatic nitrogens is 2. The Labute approximate surface area is 155 Å². The third-order valence-electron chi connectivity index (χ3n) is 4.13. The van der Waals surface area contributed by atoms with Crippen LogP contribution in [0.3, 0.4) is 0 Å². The molecule has 2 aromatic rings. The first-order chi connectivity index (χ1) is 11.9. The van der Waals surface area contributed by atoms with E-state index in [-0.39, 0.29) is 0 Å². The SMILES string of the molecule is CCNC(=NCC(C)c1cccs1)N(C)Cc1cn(C)nc1C(C)C. The normalized spacial score (nSPS) is 13.3. The van der Waals surface area contributed by atoms with Gasteiger partial charge in [-0.05, 0) is 24.3 Å². The van der Waals surface area contributed by atoms with E-state index in [0.29, 0.717) is 11.8 Å². The smallest absolute Gasteiger partial charge is 0.193 e. The zero-order valence-electron chi connectivity index (χ0n) is 16.3. The third-order valence-corrected chi connectivity index (χ3v) is 5.24. The van der Waals surface area contributed by atoms with Gasteiger partial charge in [0.05, 0.1) is 12.2 Å². The van der Waals surface area contributed by atoms with Crippen molar-refractivity contribution in [3.8, 4) is 0 Å². The fourth-order valence-electron chi connectivity index (χ4n) is 2.85. The number of guanidine groups is 1. The van der Waals surface area contributed by atoms with Gasteiger partial charge in [-0.1, -0.05) is 26.8 Å². The lowest BCUT2D eigenvalue weighted by Crippen LogP contribution is -2.38. The summed E-state index contributed by atoms with van der Waals surface area (Å²) in [6.45, 7) is 11.2. The second-order valence-corrected chi connectivity index (χ2v) is 7.81. The Hall–Kier alpha value is -1.82. The predicted molar refractivity (Wildman–Crippen MR) is 107 cm³/mol. The molecule has 6 heteroatoms. The van der Waals surface area contributed by atoms with Crippen molar-refractivity contribution in [2.45, 2.75) is 46.1 Å². The van der Waals surface area contributed by atoms with E-state index in [0.717, 1.165) is 31.3 Å². The summed E-state index contributed by atoms with van der Waals surface area (Å²) in [7, 11) is 4.08. The predicted octanol–water partition coefficient (Wildman–Crippen LogP) is 3.81. The lowest BCUT2D eigenvalue weighted by molar-refractivity contribution is 0.472. The van der Waals surface area contributed by atoms with Crippen LogP contribution in [0.1, 0.15) is 55.7 Å². The molecule has 0 bridgehead atoms. The number of nitrogens with zero attached hydrogens (tertiary/aromatic N) is 4. The van der Waals surface area contributed by atoms with Gasteiger partial charge in [0.1, 0.15) is 0 Å². The molecule has 5 nitrogen and oxygen atoms in total. The molecule has 1 N–H and O–H groups in total. The van der Waals surface area contributed by atoms with Crippen molar-refractivity contribution in [3.05, 3.63) is 39.8 Å². The molecule has 2 rings (SSSR count). The molecule has 0 spiro atoms. The van der Waals surface area contributed by atoms with Gasteiger partial charge in [0.2, 0.25) is 0 Å². The summed E-state index contributed by atoms with van der Waals surface area (Å²) >= 11 is 1.80. The maximum Gasteiger partial charge on any atom is 0.193 e. The summed E-state index contributed by atoms with van der Waals surface area (Å²) in [4.78, 5) is 8.43. The Morgan fingerprint density at radius 1 is 1.40 bits per heavy atom. The van der Waals surface area contributed by atoms with Gasteiger partial charge in [0.15, 0.2) is 5.96 Å². The molecule has 0 aromatic carbocycles. The van der Waals surface area contributed by atoms with Gasteiger partial charge in [-0.3, -0.25) is 9.67 Å². The van der Waals surface area contributed by atoms with E-state index in [1.54, 1.807) is 11.3 Å². The average molecular weight is 362 g/mol. The molecule has 1 unspecified atom stereocenters. The molecule has 0 aliphatic rings. The minimum atomic E-state index is 0.419. The Kier molecular flexibility index (Phi) is 7.05. The second-order valence-electron chi connectivity index (χ2n) is 6.84. The van der Waals surface area contributed by atoms with Crippen molar-refractivity contribution >= 4 is 17.3 Å². The van der Waals surface area contributed by atoms with Gasteiger partial charge < -0.3 is 10.2 Å². The van der Waals surface area contributed by atoms with E-state index in [1.807, 2.05) is 11.7 Å². The molecule has 0 radical (unpaired) electrons. The summed E-state index contributed by atoms with van der Waals surface area (Å²) in [5.74, 6) is 1.80. The molecule has 2 aromatic heterocycles. The van der Waals surface area contributed by atoms with Gasteiger partial charge in [0, 0.05) is 49.7 Å². The van der Waals surface area contributed by atoms with Crippen molar-refractivity contribution in [3.63, 3.8) is 0 Å². The monoisotopic (exact) mass is 361 g/mol. The van der Waals surface area contributed by atoms with Crippen LogP contribution in [0.4, 0.5) is 0 Å². The number of aliphatic imine (C=N–C) groups is 1. The molecule has 25 heavy (non-hydrogen) atoms. The largest absolute Gasteiger partial charge is 0.357 e. The summed E-state index contributed by atoms with van der Waals surface area (Å²) in [6.07, 6.45) is 2.11. The highest BCUT2D eigenvalue weighted by atomic mass is 32.1. The first kappa shape index (κ1) is 19.5. The van der Waals surface area contributed by atoms with E-state index in [4.69, 9.17) is 4.99 Å². The first-order valence-electron chi connectivity index (χ1n) is 8.97. The van der Waals surface area contributed by atoms with Gasteiger partial charge in [-0.25, -0.2) is 0 Å². The number of nitrogens with one attached hydrogen (secondary N) is 1. The minimum absolute atomic E-state index is 0.419. The molecule has 0 fully saturated rings. The number of rotatable bonds is 7. The lowest BCUT2D eigenvalue weighted by atomic mass is 10.1. The number of aryl methyl sites for hydroxylation is 1. The van der Waals surface area contributed by atoms with E-state index in [9.17, 15) is 0 Å². The molecule has 138 valence electrons. The standard InChI is InChI=1S/C19H31N5S/c1-7-20-19(21-11-15(4)17-9-8-10-25-17)23(5)12-16-13-24(6)22-18(16)14(2)3/h8-10,13-15H,7,11-12H2,1-6H3,(H,20,21). The number of hydrogen-bond donors (Lipinski definition) is 1. The molecular weight excluding hydrogens is 330 g/mol. The first-order valence-corrected chi connectivity index (χ1v) is 9.85. The van der Waals surface area contributed by atoms with Crippen LogP contribution >= 0.6 is 11.3 Å². The number of thiophene rings is 1. The summed E-state index contributed by atoms with van der Waals surface area (Å²) < 4.78 is 1.90. The summed E-state index contributed by atoms with van der Waals surface area (Å²) in [5.41, 5.74) is 2.43. The molecule has 0 aliphatic heterocycles. The summed E-state index contributed by atoms with van der Waals surface area (Å²) in [5, 5.41) is 10.1. The molecular formula is C19H31N5S. The molecule has 0 saturated carbocycles. The fraction of sp³-hybridized carbons (Fsp3) is 0.579. The Morgan fingerprint density at radius 3 is 2.76 bits per heavy atom. The Balaban J connectivity index is 2.09. The van der Waals surface area contributed by atoms with Gasteiger partial charge in [-0.15, -0.1) is 11.3 Å². The van der Waals surface area contributed by atoms with Gasteiger partial charge in [-0.2, -0.15) is 5.10 Å². The van der Waals surface area contributed by atoms with Crippen molar-refractivity contribution in [1.29, 1.82) is 0 Å². The third kappa shape index (κ3) is 5.33. The minimum Gasteiger partial charge on any atom is -0.357 e.